The standard InChI is InChI=1S/C17H25FN2O/c1-17(2,3)16(21)20-10-13(9-15(19)11-20)8-12-4-6-14(18)7-5-12/h4-7,13,15H,8-11,19H2,1-3H3. The first-order valence-electron chi connectivity index (χ1n) is 7.55. The highest BCUT2D eigenvalue weighted by atomic mass is 19.1. The molecule has 0 saturated carbocycles. The first-order valence-corrected chi connectivity index (χ1v) is 7.55. The molecular weight excluding hydrogens is 267 g/mol. The number of hydrogen-bond donors (Lipinski definition) is 1. The molecule has 0 aliphatic carbocycles. The number of hydrogen-bond acceptors (Lipinski definition) is 2. The smallest absolute Gasteiger partial charge is 0.228 e. The molecule has 0 radical (unpaired) electrons. The lowest BCUT2D eigenvalue weighted by Crippen LogP contribution is -2.52. The van der Waals surface area contributed by atoms with E-state index in [1.807, 2.05) is 37.8 Å². The van der Waals surface area contributed by atoms with Crippen molar-refractivity contribution in [2.45, 2.75) is 39.7 Å². The van der Waals surface area contributed by atoms with Crippen LogP contribution < -0.4 is 5.73 Å². The number of benzene rings is 1. The summed E-state index contributed by atoms with van der Waals surface area (Å²) in [6.07, 6.45) is 1.74. The molecular formula is C17H25FN2O. The first-order chi connectivity index (χ1) is 9.75. The lowest BCUT2D eigenvalue weighted by Gasteiger charge is -2.39. The molecule has 3 nitrogen and oxygen atoms in total. The molecule has 1 amide bonds. The third kappa shape index (κ3) is 4.27. The van der Waals surface area contributed by atoms with Crippen molar-refractivity contribution in [3.05, 3.63) is 35.6 Å². The fourth-order valence-corrected chi connectivity index (χ4v) is 2.99. The highest BCUT2D eigenvalue weighted by molar-refractivity contribution is 5.81. The van der Waals surface area contributed by atoms with E-state index in [4.69, 9.17) is 5.73 Å². The maximum absolute atomic E-state index is 13.0. The molecule has 1 heterocycles. The Morgan fingerprint density at radius 1 is 1.29 bits per heavy atom. The van der Waals surface area contributed by atoms with Crippen molar-refractivity contribution in [2.75, 3.05) is 13.1 Å². The topological polar surface area (TPSA) is 46.3 Å². The van der Waals surface area contributed by atoms with Crippen molar-refractivity contribution in [1.82, 2.24) is 4.90 Å². The zero-order valence-corrected chi connectivity index (χ0v) is 13.1. The average molecular weight is 292 g/mol. The number of nitrogens with zero attached hydrogens (tertiary/aromatic N) is 1. The van der Waals surface area contributed by atoms with Crippen molar-refractivity contribution in [1.29, 1.82) is 0 Å². The third-order valence-corrected chi connectivity index (χ3v) is 3.94. The monoisotopic (exact) mass is 292 g/mol. The SMILES string of the molecule is CC(C)(C)C(=O)N1CC(N)CC(Cc2ccc(F)cc2)C1. The van der Waals surface area contributed by atoms with Crippen molar-refractivity contribution in [3.8, 4) is 0 Å². The molecule has 2 unspecified atom stereocenters. The Bertz CT molecular complexity index is 493. The molecule has 2 rings (SSSR count). The number of likely N-dealkylation sites (tertiary alicyclic amines) is 1. The maximum Gasteiger partial charge on any atom is 0.228 e. The van der Waals surface area contributed by atoms with E-state index in [9.17, 15) is 9.18 Å². The summed E-state index contributed by atoms with van der Waals surface area (Å²) in [5.41, 5.74) is 6.84. The molecule has 1 aliphatic heterocycles. The summed E-state index contributed by atoms with van der Waals surface area (Å²) in [5.74, 6) is 0.274. The summed E-state index contributed by atoms with van der Waals surface area (Å²) in [7, 11) is 0. The van der Waals surface area contributed by atoms with Crippen molar-refractivity contribution >= 4 is 5.91 Å². The summed E-state index contributed by atoms with van der Waals surface area (Å²) < 4.78 is 13.0. The van der Waals surface area contributed by atoms with Crippen LogP contribution in [0.1, 0.15) is 32.8 Å². The second kappa shape index (κ2) is 6.14. The Morgan fingerprint density at radius 2 is 1.90 bits per heavy atom. The second-order valence-corrected chi connectivity index (χ2v) is 7.15. The lowest BCUT2D eigenvalue weighted by atomic mass is 9.86. The van der Waals surface area contributed by atoms with Crippen LogP contribution in [0.3, 0.4) is 0 Å². The van der Waals surface area contributed by atoms with E-state index in [-0.39, 0.29) is 23.2 Å². The molecule has 116 valence electrons. The normalized spacial score (nSPS) is 23.2. The zero-order chi connectivity index (χ0) is 15.6. The van der Waals surface area contributed by atoms with Gasteiger partial charge in [-0.3, -0.25) is 4.79 Å². The van der Waals surface area contributed by atoms with Crippen LogP contribution in [0.5, 0.6) is 0 Å². The van der Waals surface area contributed by atoms with E-state index >= 15 is 0 Å². The van der Waals surface area contributed by atoms with Gasteiger partial charge in [0.25, 0.3) is 0 Å². The lowest BCUT2D eigenvalue weighted by molar-refractivity contribution is -0.141. The Labute approximate surface area is 126 Å². The van der Waals surface area contributed by atoms with Crippen LogP contribution in [0.15, 0.2) is 24.3 Å². The molecule has 1 aromatic carbocycles. The van der Waals surface area contributed by atoms with Gasteiger partial charge in [-0.2, -0.15) is 0 Å². The van der Waals surface area contributed by atoms with Crippen LogP contribution in [0, 0.1) is 17.2 Å². The molecule has 2 atom stereocenters. The molecule has 4 heteroatoms. The molecule has 1 saturated heterocycles. The third-order valence-electron chi connectivity index (χ3n) is 3.94. The Balaban J connectivity index is 2.04. The van der Waals surface area contributed by atoms with Crippen LogP contribution >= 0.6 is 0 Å². The van der Waals surface area contributed by atoms with Gasteiger partial charge in [-0.15, -0.1) is 0 Å². The second-order valence-electron chi connectivity index (χ2n) is 7.15. The van der Waals surface area contributed by atoms with Crippen LogP contribution in [0.2, 0.25) is 0 Å². The quantitative estimate of drug-likeness (QED) is 0.910. The van der Waals surface area contributed by atoms with Gasteiger partial charge in [0.15, 0.2) is 0 Å². The average Bonchev–Trinajstić information content (AvgIpc) is 2.39. The van der Waals surface area contributed by atoms with Crippen molar-refractivity contribution in [2.24, 2.45) is 17.1 Å². The van der Waals surface area contributed by atoms with Crippen molar-refractivity contribution in [3.63, 3.8) is 0 Å². The van der Waals surface area contributed by atoms with E-state index in [0.717, 1.165) is 24.9 Å². The van der Waals surface area contributed by atoms with Gasteiger partial charge in [-0.05, 0) is 36.5 Å². The summed E-state index contributed by atoms with van der Waals surface area (Å²) in [5, 5.41) is 0. The fourth-order valence-electron chi connectivity index (χ4n) is 2.99. The molecule has 0 aromatic heterocycles. The van der Waals surface area contributed by atoms with Gasteiger partial charge < -0.3 is 10.6 Å². The number of nitrogens with two attached hydrogens (primary N) is 1. The number of amides is 1. The molecule has 2 N–H and O–H groups in total. The number of carbonyl (C=O) groups is 1. The fraction of sp³-hybridized carbons (Fsp3) is 0.588. The van der Waals surface area contributed by atoms with Gasteiger partial charge in [-0.1, -0.05) is 32.9 Å². The summed E-state index contributed by atoms with van der Waals surface area (Å²) in [6, 6.07) is 6.61. The number of halogens is 1. The highest BCUT2D eigenvalue weighted by Gasteiger charge is 2.33. The molecule has 21 heavy (non-hydrogen) atoms. The van der Waals surface area contributed by atoms with Crippen LogP contribution in [-0.4, -0.2) is 29.9 Å². The van der Waals surface area contributed by atoms with Gasteiger partial charge in [0.2, 0.25) is 5.91 Å². The van der Waals surface area contributed by atoms with E-state index in [2.05, 4.69) is 0 Å². The van der Waals surface area contributed by atoms with E-state index in [1.54, 1.807) is 0 Å². The van der Waals surface area contributed by atoms with Gasteiger partial charge >= 0.3 is 0 Å². The van der Waals surface area contributed by atoms with E-state index in [1.165, 1.54) is 12.1 Å². The molecule has 1 fully saturated rings. The molecule has 0 bridgehead atoms. The van der Waals surface area contributed by atoms with Crippen LogP contribution in [0.25, 0.3) is 0 Å². The molecule has 1 aromatic rings. The van der Waals surface area contributed by atoms with Gasteiger partial charge in [-0.25, -0.2) is 4.39 Å². The molecule has 0 spiro atoms. The predicted molar refractivity (Wildman–Crippen MR) is 82.2 cm³/mol. The summed E-state index contributed by atoms with van der Waals surface area (Å²) in [6.45, 7) is 7.18. The number of rotatable bonds is 2. The highest BCUT2D eigenvalue weighted by Crippen LogP contribution is 2.25. The minimum Gasteiger partial charge on any atom is -0.340 e. The van der Waals surface area contributed by atoms with Gasteiger partial charge in [0, 0.05) is 24.5 Å². The predicted octanol–water partition coefficient (Wildman–Crippen LogP) is 2.59. The van der Waals surface area contributed by atoms with Crippen LogP contribution in [0.4, 0.5) is 4.39 Å². The van der Waals surface area contributed by atoms with Crippen LogP contribution in [-0.2, 0) is 11.2 Å². The minimum atomic E-state index is -0.377. The van der Waals surface area contributed by atoms with Crippen molar-refractivity contribution < 1.29 is 9.18 Å². The number of piperidine rings is 1. The molecule has 1 aliphatic rings. The van der Waals surface area contributed by atoms with Gasteiger partial charge in [0.1, 0.15) is 5.82 Å². The summed E-state index contributed by atoms with van der Waals surface area (Å²) >= 11 is 0. The summed E-state index contributed by atoms with van der Waals surface area (Å²) in [4.78, 5) is 14.3. The van der Waals surface area contributed by atoms with Gasteiger partial charge in [0.05, 0.1) is 0 Å². The first kappa shape index (κ1) is 16.0. The Morgan fingerprint density at radius 3 is 2.48 bits per heavy atom. The maximum atomic E-state index is 13.0. The van der Waals surface area contributed by atoms with E-state index < -0.39 is 0 Å². The minimum absolute atomic E-state index is 0.0236. The Kier molecular flexibility index (Phi) is 4.67. The zero-order valence-electron chi connectivity index (χ0n) is 13.1. The van der Waals surface area contributed by atoms with E-state index in [0.29, 0.717) is 12.5 Å². The largest absolute Gasteiger partial charge is 0.340 e. The number of carbonyl (C=O) groups excluding carboxylic acids is 1. The Hall–Kier alpha value is -1.42.